The molecular weight excluding hydrogens is 258 g/mol. The molecule has 0 aliphatic carbocycles. The van der Waals surface area contributed by atoms with E-state index in [-0.39, 0.29) is 5.91 Å². The van der Waals surface area contributed by atoms with Crippen molar-refractivity contribution in [2.75, 3.05) is 19.6 Å². The van der Waals surface area contributed by atoms with Crippen molar-refractivity contribution in [3.05, 3.63) is 29.3 Å². The second kappa shape index (κ2) is 4.28. The molecule has 2 fully saturated rings. The Morgan fingerprint density at radius 2 is 2.42 bits per heavy atom. The zero-order chi connectivity index (χ0) is 12.8. The van der Waals surface area contributed by atoms with Gasteiger partial charge in [-0.15, -0.1) is 11.3 Å². The molecule has 19 heavy (non-hydrogen) atoms. The Hall–Kier alpha value is -1.46. The minimum Gasteiger partial charge on any atom is -0.347 e. The molecule has 98 valence electrons. The number of hydrogen-bond donors (Lipinski definition) is 1. The highest BCUT2D eigenvalue weighted by Crippen LogP contribution is 2.29. The molecule has 2 saturated heterocycles. The van der Waals surface area contributed by atoms with Gasteiger partial charge in [0.1, 0.15) is 0 Å². The third-order valence-corrected chi connectivity index (χ3v) is 5.25. The van der Waals surface area contributed by atoms with Crippen LogP contribution in [0, 0.1) is 5.92 Å². The molecule has 3 unspecified atom stereocenters. The Morgan fingerprint density at radius 1 is 1.47 bits per heavy atom. The standard InChI is InChI=1S/C14H15N3OS/c18-14(16-11-8-17-5-3-9(11)7-17)13-6-10-12(19-13)2-1-4-15-10/h1-2,4,6,9,11H,3,5,7-8H2,(H,16,18). The molecule has 2 bridgehead atoms. The number of nitrogens with zero attached hydrogens (tertiary/aromatic N) is 2. The molecule has 2 aliphatic heterocycles. The molecule has 4 nitrogen and oxygen atoms in total. The van der Waals surface area contributed by atoms with Crippen molar-refractivity contribution >= 4 is 27.5 Å². The fourth-order valence-electron chi connectivity index (χ4n) is 3.17. The lowest BCUT2D eigenvalue weighted by Gasteiger charge is -2.22. The quantitative estimate of drug-likeness (QED) is 0.906. The first-order valence-electron chi connectivity index (χ1n) is 6.67. The van der Waals surface area contributed by atoms with E-state index in [1.54, 1.807) is 6.20 Å². The lowest BCUT2D eigenvalue weighted by molar-refractivity contribution is 0.0928. The van der Waals surface area contributed by atoms with Gasteiger partial charge >= 0.3 is 0 Å². The van der Waals surface area contributed by atoms with Crippen molar-refractivity contribution in [2.45, 2.75) is 12.5 Å². The molecule has 3 atom stereocenters. The van der Waals surface area contributed by atoms with Crippen molar-refractivity contribution in [1.29, 1.82) is 0 Å². The van der Waals surface area contributed by atoms with Gasteiger partial charge in [0.05, 0.1) is 15.1 Å². The Bertz CT molecular complexity index is 605. The van der Waals surface area contributed by atoms with Crippen LogP contribution in [0.15, 0.2) is 24.4 Å². The van der Waals surface area contributed by atoms with Gasteiger partial charge in [0.2, 0.25) is 0 Å². The number of piperidine rings is 1. The highest BCUT2D eigenvalue weighted by atomic mass is 32.1. The van der Waals surface area contributed by atoms with Gasteiger partial charge in [0.15, 0.2) is 0 Å². The number of thiophene rings is 1. The largest absolute Gasteiger partial charge is 0.347 e. The van der Waals surface area contributed by atoms with Crippen LogP contribution in [0.5, 0.6) is 0 Å². The molecule has 0 aromatic carbocycles. The van der Waals surface area contributed by atoms with E-state index in [0.717, 1.165) is 28.2 Å². The summed E-state index contributed by atoms with van der Waals surface area (Å²) in [6.07, 6.45) is 2.98. The minimum atomic E-state index is 0.0572. The van der Waals surface area contributed by atoms with Crippen molar-refractivity contribution < 1.29 is 4.79 Å². The Labute approximate surface area is 115 Å². The number of rotatable bonds is 2. The summed E-state index contributed by atoms with van der Waals surface area (Å²) in [5.41, 5.74) is 0.911. The molecule has 0 spiro atoms. The Kier molecular flexibility index (Phi) is 2.56. The van der Waals surface area contributed by atoms with Gasteiger partial charge in [0.25, 0.3) is 5.91 Å². The van der Waals surface area contributed by atoms with Crippen molar-refractivity contribution in [1.82, 2.24) is 15.2 Å². The van der Waals surface area contributed by atoms with Crippen molar-refractivity contribution in [3.8, 4) is 0 Å². The summed E-state index contributed by atoms with van der Waals surface area (Å²) in [6, 6.07) is 6.14. The fourth-order valence-corrected chi connectivity index (χ4v) is 4.09. The van der Waals surface area contributed by atoms with Crippen LogP contribution in [0.2, 0.25) is 0 Å². The molecule has 4 heterocycles. The number of pyridine rings is 1. The van der Waals surface area contributed by atoms with Gasteiger partial charge in [-0.2, -0.15) is 0 Å². The molecule has 1 amide bonds. The van der Waals surface area contributed by atoms with Crippen molar-refractivity contribution in [2.24, 2.45) is 5.92 Å². The van der Waals surface area contributed by atoms with Crippen molar-refractivity contribution in [3.63, 3.8) is 0 Å². The topological polar surface area (TPSA) is 45.2 Å². The van der Waals surface area contributed by atoms with E-state index in [1.807, 2.05) is 18.2 Å². The number of carbonyl (C=O) groups excluding carboxylic acids is 1. The van der Waals surface area contributed by atoms with Gasteiger partial charge in [-0.05, 0) is 37.1 Å². The third-order valence-electron chi connectivity index (χ3n) is 4.16. The Balaban J connectivity index is 1.53. The normalized spacial score (nSPS) is 28.9. The predicted molar refractivity (Wildman–Crippen MR) is 75.4 cm³/mol. The van der Waals surface area contributed by atoms with E-state index < -0.39 is 0 Å². The van der Waals surface area contributed by atoms with Crippen LogP contribution < -0.4 is 5.32 Å². The van der Waals surface area contributed by atoms with Crippen LogP contribution in [0.3, 0.4) is 0 Å². The first kappa shape index (κ1) is 11.4. The van der Waals surface area contributed by atoms with Gasteiger partial charge in [0, 0.05) is 25.3 Å². The summed E-state index contributed by atoms with van der Waals surface area (Å²) < 4.78 is 1.07. The molecule has 0 radical (unpaired) electrons. The molecule has 2 aliphatic rings. The van der Waals surface area contributed by atoms with Crippen LogP contribution in [-0.2, 0) is 0 Å². The van der Waals surface area contributed by atoms with E-state index in [4.69, 9.17) is 0 Å². The highest BCUT2D eigenvalue weighted by molar-refractivity contribution is 7.20. The third kappa shape index (κ3) is 1.93. The monoisotopic (exact) mass is 273 g/mol. The van der Waals surface area contributed by atoms with Gasteiger partial charge in [-0.25, -0.2) is 0 Å². The molecule has 5 heteroatoms. The zero-order valence-electron chi connectivity index (χ0n) is 10.5. The number of hydrogen-bond acceptors (Lipinski definition) is 4. The molecule has 2 aromatic heterocycles. The summed E-state index contributed by atoms with van der Waals surface area (Å²) >= 11 is 1.52. The summed E-state index contributed by atoms with van der Waals surface area (Å²) in [6.45, 7) is 3.36. The molecule has 4 rings (SSSR count). The predicted octanol–water partition coefficient (Wildman–Crippen LogP) is 1.73. The van der Waals surface area contributed by atoms with E-state index in [9.17, 15) is 4.79 Å². The number of amides is 1. The average molecular weight is 273 g/mol. The number of nitrogens with one attached hydrogen (secondary N) is 1. The number of aromatic nitrogens is 1. The minimum absolute atomic E-state index is 0.0572. The maximum absolute atomic E-state index is 12.3. The van der Waals surface area contributed by atoms with Crippen LogP contribution in [-0.4, -0.2) is 41.5 Å². The first-order valence-corrected chi connectivity index (χ1v) is 7.49. The number of fused-ring (bicyclic) bond motifs is 3. The molecular formula is C14H15N3OS. The molecule has 2 aromatic rings. The summed E-state index contributed by atoms with van der Waals surface area (Å²) in [4.78, 5) is 19.8. The van der Waals surface area contributed by atoms with Gasteiger partial charge in [-0.1, -0.05) is 0 Å². The lowest BCUT2D eigenvalue weighted by Crippen LogP contribution is -2.42. The van der Waals surface area contributed by atoms with Crippen LogP contribution in [0.1, 0.15) is 16.1 Å². The summed E-state index contributed by atoms with van der Waals surface area (Å²) in [5.74, 6) is 0.707. The SMILES string of the molecule is O=C(NC1CN2CCC1C2)c1cc2ncccc2s1. The molecule has 0 saturated carbocycles. The number of carbonyl (C=O) groups is 1. The maximum atomic E-state index is 12.3. The van der Waals surface area contributed by atoms with E-state index in [2.05, 4.69) is 15.2 Å². The van der Waals surface area contributed by atoms with Crippen LogP contribution >= 0.6 is 11.3 Å². The van der Waals surface area contributed by atoms with E-state index >= 15 is 0 Å². The van der Waals surface area contributed by atoms with Gasteiger partial charge in [-0.3, -0.25) is 9.78 Å². The fraction of sp³-hybridized carbons (Fsp3) is 0.429. The Morgan fingerprint density at radius 3 is 3.16 bits per heavy atom. The van der Waals surface area contributed by atoms with Crippen LogP contribution in [0.4, 0.5) is 0 Å². The summed E-state index contributed by atoms with van der Waals surface area (Å²) in [5, 5.41) is 3.19. The first-order chi connectivity index (χ1) is 9.29. The van der Waals surface area contributed by atoms with E-state index in [0.29, 0.717) is 12.0 Å². The summed E-state index contributed by atoms with van der Waals surface area (Å²) in [7, 11) is 0. The second-order valence-corrected chi connectivity index (χ2v) is 6.47. The van der Waals surface area contributed by atoms with Crippen LogP contribution in [0.25, 0.3) is 10.2 Å². The highest BCUT2D eigenvalue weighted by Gasteiger charge is 2.38. The lowest BCUT2D eigenvalue weighted by atomic mass is 10.00. The van der Waals surface area contributed by atoms with Gasteiger partial charge < -0.3 is 10.2 Å². The maximum Gasteiger partial charge on any atom is 0.261 e. The average Bonchev–Trinajstić information content (AvgIpc) is 3.12. The second-order valence-electron chi connectivity index (χ2n) is 5.39. The zero-order valence-corrected chi connectivity index (χ0v) is 11.3. The molecule has 1 N–H and O–H groups in total. The van der Waals surface area contributed by atoms with E-state index in [1.165, 1.54) is 24.3 Å². The smallest absolute Gasteiger partial charge is 0.261 e.